The minimum absolute atomic E-state index is 0.0375. The second-order valence-corrected chi connectivity index (χ2v) is 6.47. The second-order valence-electron chi connectivity index (χ2n) is 4.10. The summed E-state index contributed by atoms with van der Waals surface area (Å²) in [6.07, 6.45) is 0.789. The van der Waals surface area contributed by atoms with Gasteiger partial charge in [-0.3, -0.25) is 4.79 Å². The molecule has 0 fully saturated rings. The van der Waals surface area contributed by atoms with E-state index in [-0.39, 0.29) is 11.7 Å². The van der Waals surface area contributed by atoms with Gasteiger partial charge in [-0.15, -0.1) is 0 Å². The highest BCUT2D eigenvalue weighted by molar-refractivity contribution is 7.92. The van der Waals surface area contributed by atoms with Crippen LogP contribution in [-0.4, -0.2) is 38.4 Å². The predicted molar refractivity (Wildman–Crippen MR) is 64.8 cm³/mol. The Hall–Kier alpha value is -0.620. The van der Waals surface area contributed by atoms with E-state index in [1.165, 1.54) is 6.92 Å². The molecule has 0 aliphatic rings. The van der Waals surface area contributed by atoms with Crippen LogP contribution < -0.4 is 11.1 Å². The number of nitrogens with two attached hydrogens (primary N) is 1. The molecule has 0 heterocycles. The summed E-state index contributed by atoms with van der Waals surface area (Å²) < 4.78 is 23.6. The lowest BCUT2D eigenvalue weighted by atomic mass is 10.2. The van der Waals surface area contributed by atoms with Gasteiger partial charge in [0, 0.05) is 6.54 Å². The second kappa shape index (κ2) is 6.85. The lowest BCUT2D eigenvalue weighted by Gasteiger charge is -2.15. The maximum absolute atomic E-state index is 11.8. The first-order valence-corrected chi connectivity index (χ1v) is 7.26. The van der Waals surface area contributed by atoms with Crippen LogP contribution >= 0.6 is 0 Å². The Balaban J connectivity index is 4.45. The fourth-order valence-electron chi connectivity index (χ4n) is 1.16. The molecule has 5 nitrogen and oxygen atoms in total. The van der Waals surface area contributed by atoms with Crippen molar-refractivity contribution in [1.29, 1.82) is 0 Å². The Kier molecular flexibility index (Phi) is 6.59. The lowest BCUT2D eigenvalue weighted by Crippen LogP contribution is -2.40. The molecule has 0 aliphatic heterocycles. The van der Waals surface area contributed by atoms with Crippen molar-refractivity contribution in [3.05, 3.63) is 0 Å². The smallest absolute Gasteiger partial charge is 0.238 e. The van der Waals surface area contributed by atoms with E-state index < -0.39 is 21.0 Å². The average Bonchev–Trinajstić information content (AvgIpc) is 2.23. The Morgan fingerprint density at radius 2 is 1.94 bits per heavy atom. The van der Waals surface area contributed by atoms with Gasteiger partial charge in [0.25, 0.3) is 0 Å². The van der Waals surface area contributed by atoms with Gasteiger partial charge in [0.2, 0.25) is 5.91 Å². The molecule has 0 aromatic heterocycles. The van der Waals surface area contributed by atoms with Crippen LogP contribution in [0, 0.1) is 5.92 Å². The molecular weight excluding hydrogens is 228 g/mol. The summed E-state index contributed by atoms with van der Waals surface area (Å²) in [6, 6.07) is 0. The topological polar surface area (TPSA) is 89.3 Å². The van der Waals surface area contributed by atoms with Gasteiger partial charge >= 0.3 is 0 Å². The SMILES string of the molecule is CCCNC(=O)C(C)S(=O)(=O)CC(C)CN. The van der Waals surface area contributed by atoms with Crippen molar-refractivity contribution in [3.63, 3.8) is 0 Å². The number of carbonyl (C=O) groups is 1. The molecule has 0 aromatic carbocycles. The molecule has 0 bridgehead atoms. The van der Waals surface area contributed by atoms with Gasteiger partial charge in [0.05, 0.1) is 5.75 Å². The van der Waals surface area contributed by atoms with Gasteiger partial charge in [-0.05, 0) is 25.8 Å². The van der Waals surface area contributed by atoms with E-state index in [1.807, 2.05) is 6.92 Å². The Bertz CT molecular complexity index is 314. The van der Waals surface area contributed by atoms with E-state index in [0.717, 1.165) is 6.42 Å². The Morgan fingerprint density at radius 3 is 2.38 bits per heavy atom. The minimum atomic E-state index is -3.39. The first-order chi connectivity index (χ1) is 7.35. The van der Waals surface area contributed by atoms with Gasteiger partial charge in [-0.2, -0.15) is 0 Å². The van der Waals surface area contributed by atoms with E-state index >= 15 is 0 Å². The van der Waals surface area contributed by atoms with Gasteiger partial charge in [0.1, 0.15) is 5.25 Å². The van der Waals surface area contributed by atoms with Crippen LogP contribution in [0.15, 0.2) is 0 Å². The van der Waals surface area contributed by atoms with E-state index in [1.54, 1.807) is 6.92 Å². The molecule has 0 aromatic rings. The van der Waals surface area contributed by atoms with Gasteiger partial charge in [-0.25, -0.2) is 8.42 Å². The fourth-order valence-corrected chi connectivity index (χ4v) is 2.79. The first-order valence-electron chi connectivity index (χ1n) is 5.54. The highest BCUT2D eigenvalue weighted by Crippen LogP contribution is 2.07. The van der Waals surface area contributed by atoms with Crippen LogP contribution in [0.5, 0.6) is 0 Å². The zero-order valence-corrected chi connectivity index (χ0v) is 11.0. The quantitative estimate of drug-likeness (QED) is 0.661. The summed E-state index contributed by atoms with van der Waals surface area (Å²) >= 11 is 0. The molecule has 2 unspecified atom stereocenters. The van der Waals surface area contributed by atoms with Crippen molar-refractivity contribution in [1.82, 2.24) is 5.32 Å². The standard InChI is InChI=1S/C10H22N2O3S/c1-4-5-12-10(13)9(3)16(14,15)7-8(2)6-11/h8-9H,4-7,11H2,1-3H3,(H,12,13). The summed E-state index contributed by atoms with van der Waals surface area (Å²) in [7, 11) is -3.39. The van der Waals surface area contributed by atoms with Crippen molar-refractivity contribution in [2.75, 3.05) is 18.8 Å². The van der Waals surface area contributed by atoms with Crippen LogP contribution in [0.4, 0.5) is 0 Å². The van der Waals surface area contributed by atoms with E-state index in [2.05, 4.69) is 5.32 Å². The van der Waals surface area contributed by atoms with E-state index in [9.17, 15) is 13.2 Å². The lowest BCUT2D eigenvalue weighted by molar-refractivity contribution is -0.120. The summed E-state index contributed by atoms with van der Waals surface area (Å²) in [5.74, 6) is -0.581. The molecule has 16 heavy (non-hydrogen) atoms. The van der Waals surface area contributed by atoms with Gasteiger partial charge < -0.3 is 11.1 Å². The molecule has 1 amide bonds. The highest BCUT2D eigenvalue weighted by atomic mass is 32.2. The normalized spacial score (nSPS) is 15.5. The van der Waals surface area contributed by atoms with Crippen LogP contribution in [0.2, 0.25) is 0 Å². The van der Waals surface area contributed by atoms with E-state index in [4.69, 9.17) is 5.73 Å². The fraction of sp³-hybridized carbons (Fsp3) is 0.900. The third kappa shape index (κ3) is 4.94. The zero-order valence-electron chi connectivity index (χ0n) is 10.2. The van der Waals surface area contributed by atoms with Crippen LogP contribution in [-0.2, 0) is 14.6 Å². The van der Waals surface area contributed by atoms with Crippen LogP contribution in [0.25, 0.3) is 0 Å². The number of sulfone groups is 1. The number of hydrogen-bond acceptors (Lipinski definition) is 4. The van der Waals surface area contributed by atoms with Crippen molar-refractivity contribution in [3.8, 4) is 0 Å². The maximum atomic E-state index is 11.8. The Labute approximate surface area is 97.7 Å². The van der Waals surface area contributed by atoms with Crippen molar-refractivity contribution in [2.24, 2.45) is 11.7 Å². The largest absolute Gasteiger partial charge is 0.355 e. The molecule has 0 aliphatic carbocycles. The number of rotatable bonds is 7. The number of carbonyl (C=O) groups excluding carboxylic acids is 1. The molecule has 0 spiro atoms. The highest BCUT2D eigenvalue weighted by Gasteiger charge is 2.28. The molecule has 96 valence electrons. The van der Waals surface area contributed by atoms with Crippen LogP contribution in [0.3, 0.4) is 0 Å². The van der Waals surface area contributed by atoms with Crippen molar-refractivity contribution in [2.45, 2.75) is 32.4 Å². The van der Waals surface area contributed by atoms with Crippen molar-refractivity contribution >= 4 is 15.7 Å². The zero-order chi connectivity index (χ0) is 12.8. The maximum Gasteiger partial charge on any atom is 0.238 e. The number of hydrogen-bond donors (Lipinski definition) is 2. The van der Waals surface area contributed by atoms with Gasteiger partial charge in [-0.1, -0.05) is 13.8 Å². The molecule has 0 saturated heterocycles. The molecule has 0 saturated carbocycles. The summed E-state index contributed by atoms with van der Waals surface area (Å²) in [4.78, 5) is 11.5. The number of amides is 1. The summed E-state index contributed by atoms with van der Waals surface area (Å²) in [5.41, 5.74) is 5.37. The molecule has 2 atom stereocenters. The molecule has 3 N–H and O–H groups in total. The molecular formula is C10H22N2O3S. The minimum Gasteiger partial charge on any atom is -0.355 e. The number of nitrogens with one attached hydrogen (secondary N) is 1. The third-order valence-corrected chi connectivity index (χ3v) is 4.70. The molecule has 6 heteroatoms. The Morgan fingerprint density at radius 1 is 1.38 bits per heavy atom. The first kappa shape index (κ1) is 15.4. The van der Waals surface area contributed by atoms with E-state index in [0.29, 0.717) is 13.1 Å². The summed E-state index contributed by atoms with van der Waals surface area (Å²) in [6.45, 7) is 5.90. The summed E-state index contributed by atoms with van der Waals surface area (Å²) in [5, 5.41) is 1.59. The molecule has 0 rings (SSSR count). The average molecular weight is 250 g/mol. The third-order valence-electron chi connectivity index (χ3n) is 2.38. The van der Waals surface area contributed by atoms with Crippen LogP contribution in [0.1, 0.15) is 27.2 Å². The predicted octanol–water partition coefficient (Wildman–Crippen LogP) is -0.0893. The molecule has 0 radical (unpaired) electrons. The monoisotopic (exact) mass is 250 g/mol. The van der Waals surface area contributed by atoms with Gasteiger partial charge in [0.15, 0.2) is 9.84 Å². The van der Waals surface area contributed by atoms with Crippen molar-refractivity contribution < 1.29 is 13.2 Å².